The summed E-state index contributed by atoms with van der Waals surface area (Å²) in [6, 6.07) is 8.21. The molecule has 0 aliphatic carbocycles. The molecule has 0 aromatic heterocycles. The number of carbonyl (C=O) groups excluding carboxylic acids is 1. The van der Waals surface area contributed by atoms with Crippen molar-refractivity contribution in [1.82, 2.24) is 10.2 Å². The first-order chi connectivity index (χ1) is 11.7. The average molecular weight is 332 g/mol. The van der Waals surface area contributed by atoms with Gasteiger partial charge in [-0.15, -0.1) is 0 Å². The maximum atomic E-state index is 12.4. The number of carbonyl (C=O) groups is 1. The zero-order chi connectivity index (χ0) is 17.2. The van der Waals surface area contributed by atoms with Gasteiger partial charge in [-0.1, -0.05) is 31.0 Å². The van der Waals surface area contributed by atoms with Crippen LogP contribution < -0.4 is 10.1 Å². The number of aryl methyl sites for hydroxylation is 1. The van der Waals surface area contributed by atoms with Crippen LogP contribution in [0.4, 0.5) is 0 Å². The van der Waals surface area contributed by atoms with Crippen LogP contribution in [0.25, 0.3) is 0 Å². The monoisotopic (exact) mass is 332 g/mol. The molecule has 1 atom stereocenters. The van der Waals surface area contributed by atoms with Crippen LogP contribution in [0.2, 0.25) is 0 Å². The Hall–Kier alpha value is -1.55. The van der Waals surface area contributed by atoms with E-state index >= 15 is 0 Å². The molecule has 0 saturated carbocycles. The maximum absolute atomic E-state index is 12.4. The number of ether oxygens (including phenoxy) is 1. The highest BCUT2D eigenvalue weighted by molar-refractivity contribution is 5.81. The van der Waals surface area contributed by atoms with E-state index in [9.17, 15) is 4.79 Å². The van der Waals surface area contributed by atoms with Gasteiger partial charge >= 0.3 is 0 Å². The van der Waals surface area contributed by atoms with Crippen molar-refractivity contribution in [1.29, 1.82) is 0 Å². The number of amides is 1. The summed E-state index contributed by atoms with van der Waals surface area (Å²) in [7, 11) is 0. The van der Waals surface area contributed by atoms with E-state index in [2.05, 4.69) is 36.2 Å². The van der Waals surface area contributed by atoms with E-state index in [0.717, 1.165) is 51.1 Å². The summed E-state index contributed by atoms with van der Waals surface area (Å²) in [4.78, 5) is 14.7. The normalized spacial score (nSPS) is 18.3. The van der Waals surface area contributed by atoms with Gasteiger partial charge in [0.15, 0.2) is 0 Å². The number of nitrogens with one attached hydrogen (secondary N) is 1. The number of hydrogen-bond acceptors (Lipinski definition) is 3. The number of piperidine rings is 1. The van der Waals surface area contributed by atoms with Gasteiger partial charge in [-0.3, -0.25) is 9.69 Å². The molecule has 0 bridgehead atoms. The minimum atomic E-state index is 0.0857. The summed E-state index contributed by atoms with van der Waals surface area (Å²) < 4.78 is 5.71. The summed E-state index contributed by atoms with van der Waals surface area (Å²) in [6.07, 6.45) is 6.42. The van der Waals surface area contributed by atoms with Crippen LogP contribution in [0.3, 0.4) is 0 Å². The Morgan fingerprint density at radius 3 is 2.79 bits per heavy atom. The number of hydrogen-bond donors (Lipinski definition) is 1. The first-order valence-electron chi connectivity index (χ1n) is 9.42. The molecular weight excluding hydrogens is 300 g/mol. The molecule has 1 aromatic carbocycles. The molecule has 1 fully saturated rings. The van der Waals surface area contributed by atoms with Crippen LogP contribution in [0.15, 0.2) is 24.3 Å². The van der Waals surface area contributed by atoms with E-state index in [1.54, 1.807) is 0 Å². The molecular formula is C20H32N2O2. The Kier molecular flexibility index (Phi) is 8.10. The summed E-state index contributed by atoms with van der Waals surface area (Å²) >= 11 is 0. The maximum Gasteiger partial charge on any atom is 0.237 e. The first-order valence-corrected chi connectivity index (χ1v) is 9.42. The van der Waals surface area contributed by atoms with Gasteiger partial charge < -0.3 is 10.1 Å². The Labute approximate surface area is 146 Å². The highest BCUT2D eigenvalue weighted by atomic mass is 16.5. The molecule has 24 heavy (non-hydrogen) atoms. The summed E-state index contributed by atoms with van der Waals surface area (Å²) in [5, 5.41) is 3.11. The second-order valence-electron chi connectivity index (χ2n) is 6.71. The molecule has 0 spiro atoms. The summed E-state index contributed by atoms with van der Waals surface area (Å²) in [6.45, 7) is 7.79. The molecule has 1 saturated heterocycles. The van der Waals surface area contributed by atoms with Crippen molar-refractivity contribution in [3.8, 4) is 5.75 Å². The van der Waals surface area contributed by atoms with Crippen molar-refractivity contribution in [2.24, 2.45) is 0 Å². The molecule has 1 unspecified atom stereocenters. The zero-order valence-corrected chi connectivity index (χ0v) is 15.2. The minimum Gasteiger partial charge on any atom is -0.494 e. The lowest BCUT2D eigenvalue weighted by Crippen LogP contribution is -2.49. The standard InChI is InChI=1S/C20H32N2O2/c1-3-14-22-15-6-4-8-19(22)20(23)21-13-5-7-16-24-18-11-9-17(2)10-12-18/h9-12,19H,3-8,13-16H2,1-2H3,(H,21,23). The number of rotatable bonds is 9. The lowest BCUT2D eigenvalue weighted by molar-refractivity contribution is -0.127. The molecule has 4 heteroatoms. The molecule has 134 valence electrons. The molecule has 4 nitrogen and oxygen atoms in total. The summed E-state index contributed by atoms with van der Waals surface area (Å²) in [5.41, 5.74) is 1.24. The van der Waals surface area contributed by atoms with Gasteiger partial charge in [0, 0.05) is 6.54 Å². The average Bonchev–Trinajstić information content (AvgIpc) is 2.60. The Bertz CT molecular complexity index is 485. The Morgan fingerprint density at radius 1 is 1.25 bits per heavy atom. The SMILES string of the molecule is CCCN1CCCCC1C(=O)NCCCCOc1ccc(C)cc1. The van der Waals surface area contributed by atoms with E-state index in [4.69, 9.17) is 4.74 Å². The first kappa shape index (κ1) is 18.8. The van der Waals surface area contributed by atoms with Crippen molar-refractivity contribution < 1.29 is 9.53 Å². The molecule has 0 radical (unpaired) electrons. The van der Waals surface area contributed by atoms with Gasteiger partial charge in [-0.05, 0) is 64.3 Å². The fourth-order valence-corrected chi connectivity index (χ4v) is 3.22. The third kappa shape index (κ3) is 6.16. The van der Waals surface area contributed by atoms with Crippen LogP contribution in [-0.4, -0.2) is 43.1 Å². The third-order valence-electron chi connectivity index (χ3n) is 4.59. The Morgan fingerprint density at radius 2 is 2.04 bits per heavy atom. The second-order valence-corrected chi connectivity index (χ2v) is 6.71. The zero-order valence-electron chi connectivity index (χ0n) is 15.2. The highest BCUT2D eigenvalue weighted by Gasteiger charge is 2.27. The number of likely N-dealkylation sites (tertiary alicyclic amines) is 1. The van der Waals surface area contributed by atoms with Crippen molar-refractivity contribution in [2.75, 3.05) is 26.2 Å². The van der Waals surface area contributed by atoms with E-state index in [0.29, 0.717) is 6.61 Å². The largest absolute Gasteiger partial charge is 0.494 e. The van der Waals surface area contributed by atoms with Crippen molar-refractivity contribution in [2.45, 2.75) is 58.4 Å². The smallest absolute Gasteiger partial charge is 0.237 e. The summed E-state index contributed by atoms with van der Waals surface area (Å²) in [5.74, 6) is 1.13. The molecule has 1 aromatic rings. The molecule has 1 amide bonds. The lowest BCUT2D eigenvalue weighted by Gasteiger charge is -2.34. The molecule has 1 N–H and O–H groups in total. The van der Waals surface area contributed by atoms with Crippen LogP contribution in [0, 0.1) is 6.92 Å². The van der Waals surface area contributed by atoms with Crippen LogP contribution in [0.1, 0.15) is 51.0 Å². The van der Waals surface area contributed by atoms with Crippen molar-refractivity contribution in [3.63, 3.8) is 0 Å². The van der Waals surface area contributed by atoms with E-state index < -0.39 is 0 Å². The van der Waals surface area contributed by atoms with Gasteiger partial charge in [0.25, 0.3) is 0 Å². The van der Waals surface area contributed by atoms with Crippen molar-refractivity contribution >= 4 is 5.91 Å². The van der Waals surface area contributed by atoms with E-state index in [1.165, 1.54) is 18.4 Å². The lowest BCUT2D eigenvalue weighted by atomic mass is 10.0. The fourth-order valence-electron chi connectivity index (χ4n) is 3.22. The van der Waals surface area contributed by atoms with Gasteiger partial charge in [0.2, 0.25) is 5.91 Å². The third-order valence-corrected chi connectivity index (χ3v) is 4.59. The second kappa shape index (κ2) is 10.3. The minimum absolute atomic E-state index is 0.0857. The van der Waals surface area contributed by atoms with Crippen molar-refractivity contribution in [3.05, 3.63) is 29.8 Å². The highest BCUT2D eigenvalue weighted by Crippen LogP contribution is 2.17. The Balaban J connectivity index is 1.59. The van der Waals surface area contributed by atoms with Gasteiger partial charge in [0.1, 0.15) is 5.75 Å². The fraction of sp³-hybridized carbons (Fsp3) is 0.650. The molecule has 1 aliphatic rings. The van der Waals surface area contributed by atoms with Gasteiger partial charge in [-0.25, -0.2) is 0 Å². The van der Waals surface area contributed by atoms with E-state index in [1.807, 2.05) is 12.1 Å². The predicted molar refractivity (Wildman–Crippen MR) is 98.4 cm³/mol. The topological polar surface area (TPSA) is 41.6 Å². The molecule has 1 heterocycles. The number of benzene rings is 1. The number of nitrogens with zero attached hydrogens (tertiary/aromatic N) is 1. The van der Waals surface area contributed by atoms with Crippen LogP contribution in [-0.2, 0) is 4.79 Å². The predicted octanol–water partition coefficient (Wildman–Crippen LogP) is 3.53. The number of unbranched alkanes of at least 4 members (excludes halogenated alkanes) is 1. The van der Waals surface area contributed by atoms with Gasteiger partial charge in [0.05, 0.1) is 12.6 Å². The molecule has 1 aliphatic heterocycles. The van der Waals surface area contributed by atoms with Crippen LogP contribution in [0.5, 0.6) is 5.75 Å². The van der Waals surface area contributed by atoms with Crippen LogP contribution >= 0.6 is 0 Å². The molecule has 2 rings (SSSR count). The quantitative estimate of drug-likeness (QED) is 0.703. The van der Waals surface area contributed by atoms with E-state index in [-0.39, 0.29) is 11.9 Å². The van der Waals surface area contributed by atoms with Gasteiger partial charge in [-0.2, -0.15) is 0 Å².